The van der Waals surface area contributed by atoms with Gasteiger partial charge in [0.15, 0.2) is 0 Å². The summed E-state index contributed by atoms with van der Waals surface area (Å²) in [7, 11) is 0. The van der Waals surface area contributed by atoms with Crippen LogP contribution in [0, 0.1) is 6.92 Å². The molecular weight excluding hydrogens is 438 g/mol. The van der Waals surface area contributed by atoms with E-state index in [-0.39, 0.29) is 5.69 Å². The normalized spacial score (nSPS) is 11.1. The molecule has 0 spiro atoms. The summed E-state index contributed by atoms with van der Waals surface area (Å²) in [6, 6.07) is 21.7. The number of pyridine rings is 1. The maximum absolute atomic E-state index is 13.5. The van der Waals surface area contributed by atoms with E-state index in [0.29, 0.717) is 12.4 Å². The molecule has 8 nitrogen and oxygen atoms in total. The van der Waals surface area contributed by atoms with Crippen molar-refractivity contribution in [1.29, 1.82) is 0 Å². The van der Waals surface area contributed by atoms with E-state index < -0.39 is 0 Å². The Labute approximate surface area is 203 Å². The molecule has 5 aromatic rings. The lowest BCUT2D eigenvalue weighted by Gasteiger charge is -2.10. The predicted molar refractivity (Wildman–Crippen MR) is 135 cm³/mol. The number of para-hydroxylation sites is 1. The largest absolute Gasteiger partial charge is 0.333 e. The third-order valence-corrected chi connectivity index (χ3v) is 6.24. The zero-order chi connectivity index (χ0) is 24.2. The molecule has 0 unspecified atom stereocenters. The maximum Gasteiger partial charge on any atom is 0.333 e. The molecule has 0 saturated heterocycles. The van der Waals surface area contributed by atoms with Crippen LogP contribution >= 0.6 is 0 Å². The molecule has 0 amide bonds. The van der Waals surface area contributed by atoms with Crippen LogP contribution in [0.4, 0.5) is 0 Å². The maximum atomic E-state index is 13.5. The molecule has 0 atom stereocenters. The summed E-state index contributed by atoms with van der Waals surface area (Å²) in [5.41, 5.74) is 6.49. The van der Waals surface area contributed by atoms with Crippen LogP contribution in [-0.4, -0.2) is 34.7 Å². The second-order valence-electron chi connectivity index (χ2n) is 8.51. The van der Waals surface area contributed by atoms with E-state index in [1.165, 1.54) is 0 Å². The van der Waals surface area contributed by atoms with Crippen LogP contribution in [0.3, 0.4) is 0 Å². The van der Waals surface area contributed by atoms with E-state index in [2.05, 4.69) is 27.5 Å². The molecule has 0 aliphatic rings. The molecule has 3 aromatic heterocycles. The van der Waals surface area contributed by atoms with Gasteiger partial charge in [-0.05, 0) is 48.7 Å². The van der Waals surface area contributed by atoms with Gasteiger partial charge in [-0.2, -0.15) is 5.21 Å². The SMILES string of the molecule is CCCCc1c(C)n(-c2ccccc2)c(=O)n1Cc1ccc(-c2ccccc2-c2nn[nH]n2)nc1. The number of nitrogens with one attached hydrogen (secondary N) is 1. The number of imidazole rings is 1. The first-order chi connectivity index (χ1) is 17.2. The molecule has 0 aliphatic heterocycles. The van der Waals surface area contributed by atoms with E-state index in [1.807, 2.05) is 89.0 Å². The van der Waals surface area contributed by atoms with Gasteiger partial charge in [0.05, 0.1) is 17.9 Å². The van der Waals surface area contributed by atoms with E-state index in [0.717, 1.165) is 58.7 Å². The Morgan fingerprint density at radius 2 is 1.71 bits per heavy atom. The molecule has 0 aliphatic carbocycles. The highest BCUT2D eigenvalue weighted by atomic mass is 16.1. The highest BCUT2D eigenvalue weighted by Gasteiger charge is 2.18. The van der Waals surface area contributed by atoms with Gasteiger partial charge in [0, 0.05) is 28.7 Å². The predicted octanol–water partition coefficient (Wildman–Crippen LogP) is 4.58. The minimum atomic E-state index is -0.0219. The third-order valence-electron chi connectivity index (χ3n) is 6.24. The number of unbranched alkanes of at least 4 members (excludes halogenated alkanes) is 1. The van der Waals surface area contributed by atoms with E-state index in [1.54, 1.807) is 0 Å². The molecule has 0 bridgehead atoms. The Morgan fingerprint density at radius 3 is 2.40 bits per heavy atom. The topological polar surface area (TPSA) is 94.3 Å². The number of benzene rings is 2. The molecule has 0 saturated carbocycles. The molecule has 5 rings (SSSR count). The van der Waals surface area contributed by atoms with Crippen LogP contribution in [0.5, 0.6) is 0 Å². The molecule has 8 heteroatoms. The quantitative estimate of drug-likeness (QED) is 0.362. The Kier molecular flexibility index (Phi) is 6.34. The number of rotatable bonds is 8. The molecule has 0 fully saturated rings. The van der Waals surface area contributed by atoms with Crippen LogP contribution in [0.1, 0.15) is 36.7 Å². The van der Waals surface area contributed by atoms with Gasteiger partial charge in [-0.25, -0.2) is 4.79 Å². The molecule has 1 N–H and O–H groups in total. The van der Waals surface area contributed by atoms with Crippen molar-refractivity contribution in [2.75, 3.05) is 0 Å². The highest BCUT2D eigenvalue weighted by Crippen LogP contribution is 2.28. The van der Waals surface area contributed by atoms with Crippen molar-refractivity contribution >= 4 is 0 Å². The average Bonchev–Trinajstić information content (AvgIpc) is 3.51. The summed E-state index contributed by atoms with van der Waals surface area (Å²) >= 11 is 0. The number of aromatic nitrogens is 7. The number of hydrogen-bond acceptors (Lipinski definition) is 5. The second-order valence-corrected chi connectivity index (χ2v) is 8.51. The first-order valence-electron chi connectivity index (χ1n) is 11.8. The minimum Gasteiger partial charge on any atom is -0.291 e. The van der Waals surface area contributed by atoms with Gasteiger partial charge in [0.25, 0.3) is 0 Å². The smallest absolute Gasteiger partial charge is 0.291 e. The van der Waals surface area contributed by atoms with E-state index >= 15 is 0 Å². The summed E-state index contributed by atoms with van der Waals surface area (Å²) < 4.78 is 3.70. The number of aromatic amines is 1. The third kappa shape index (κ3) is 4.42. The van der Waals surface area contributed by atoms with Crippen molar-refractivity contribution in [1.82, 2.24) is 34.7 Å². The first-order valence-corrected chi connectivity index (χ1v) is 11.8. The van der Waals surface area contributed by atoms with Crippen molar-refractivity contribution in [2.45, 2.75) is 39.7 Å². The first kappa shape index (κ1) is 22.5. The number of tetrazole rings is 1. The number of H-pyrrole nitrogens is 1. The van der Waals surface area contributed by atoms with Crippen LogP contribution < -0.4 is 5.69 Å². The van der Waals surface area contributed by atoms with Gasteiger partial charge in [-0.15, -0.1) is 10.2 Å². The molecular formula is C27H27N7O. The zero-order valence-corrected chi connectivity index (χ0v) is 19.8. The number of nitrogens with zero attached hydrogens (tertiary/aromatic N) is 6. The van der Waals surface area contributed by atoms with Crippen LogP contribution in [0.25, 0.3) is 28.3 Å². The average molecular weight is 466 g/mol. The lowest BCUT2D eigenvalue weighted by molar-refractivity contribution is 0.671. The molecule has 35 heavy (non-hydrogen) atoms. The molecule has 0 radical (unpaired) electrons. The Hall–Kier alpha value is -4.33. The summed E-state index contributed by atoms with van der Waals surface area (Å²) in [4.78, 5) is 18.2. The minimum absolute atomic E-state index is 0.0219. The Bertz CT molecular complexity index is 1470. The zero-order valence-electron chi connectivity index (χ0n) is 19.8. The van der Waals surface area contributed by atoms with E-state index in [9.17, 15) is 4.79 Å². The van der Waals surface area contributed by atoms with Crippen LogP contribution in [-0.2, 0) is 13.0 Å². The van der Waals surface area contributed by atoms with Gasteiger partial charge < -0.3 is 0 Å². The number of hydrogen-bond donors (Lipinski definition) is 1. The highest BCUT2D eigenvalue weighted by molar-refractivity contribution is 5.78. The van der Waals surface area contributed by atoms with Crippen molar-refractivity contribution in [3.05, 3.63) is 100 Å². The standard InChI is InChI=1S/C27H27N7O/c1-3-4-14-25-19(2)34(21-10-6-5-7-11-21)27(35)33(25)18-20-15-16-24(28-17-20)22-12-8-9-13-23(22)26-29-31-32-30-26/h5-13,15-17H,3-4,14,18H2,1-2H3,(H,29,30,31,32). The molecule has 176 valence electrons. The fourth-order valence-corrected chi connectivity index (χ4v) is 4.45. The van der Waals surface area contributed by atoms with Crippen LogP contribution in [0.2, 0.25) is 0 Å². The van der Waals surface area contributed by atoms with Gasteiger partial charge in [0.1, 0.15) is 0 Å². The Morgan fingerprint density at radius 1 is 0.943 bits per heavy atom. The monoisotopic (exact) mass is 465 g/mol. The lowest BCUT2D eigenvalue weighted by atomic mass is 10.0. The molecule has 2 aromatic carbocycles. The summed E-state index contributed by atoms with van der Waals surface area (Å²) in [5.74, 6) is 0.524. The second kappa shape index (κ2) is 9.89. The lowest BCUT2D eigenvalue weighted by Crippen LogP contribution is -2.25. The van der Waals surface area contributed by atoms with Crippen LogP contribution in [0.15, 0.2) is 77.7 Å². The van der Waals surface area contributed by atoms with Crippen molar-refractivity contribution < 1.29 is 0 Å². The van der Waals surface area contributed by atoms with Crippen molar-refractivity contribution in [3.8, 4) is 28.3 Å². The van der Waals surface area contributed by atoms with Crippen molar-refractivity contribution in [2.24, 2.45) is 0 Å². The summed E-state index contributed by atoms with van der Waals surface area (Å²) in [5, 5.41) is 14.4. The van der Waals surface area contributed by atoms with Gasteiger partial charge in [-0.1, -0.05) is 61.9 Å². The van der Waals surface area contributed by atoms with Crippen molar-refractivity contribution in [3.63, 3.8) is 0 Å². The van der Waals surface area contributed by atoms with Gasteiger partial charge in [0.2, 0.25) is 5.82 Å². The summed E-state index contributed by atoms with van der Waals surface area (Å²) in [6.07, 6.45) is 4.80. The fourth-order valence-electron chi connectivity index (χ4n) is 4.45. The molecule has 3 heterocycles. The van der Waals surface area contributed by atoms with Gasteiger partial charge in [-0.3, -0.25) is 14.1 Å². The Balaban J connectivity index is 1.49. The van der Waals surface area contributed by atoms with E-state index in [4.69, 9.17) is 4.98 Å². The van der Waals surface area contributed by atoms with Gasteiger partial charge >= 0.3 is 5.69 Å². The fraction of sp³-hybridized carbons (Fsp3) is 0.222. The summed E-state index contributed by atoms with van der Waals surface area (Å²) in [6.45, 7) is 4.67.